The number of aryl methyl sites for hydroxylation is 1. The molecule has 5 heteroatoms. The van der Waals surface area contributed by atoms with E-state index in [4.69, 9.17) is 0 Å². The van der Waals surface area contributed by atoms with Gasteiger partial charge in [0.2, 0.25) is 5.91 Å². The molecule has 0 aliphatic carbocycles. The first-order valence-corrected chi connectivity index (χ1v) is 6.80. The molecular weight excluding hydrogens is 240 g/mol. The predicted molar refractivity (Wildman–Crippen MR) is 74.8 cm³/mol. The van der Waals surface area contributed by atoms with Gasteiger partial charge in [0, 0.05) is 44.6 Å². The SMILES string of the molecule is C=CCN1CCCN(C(=O)Cn2nccc2C)CC1. The van der Waals surface area contributed by atoms with E-state index in [-0.39, 0.29) is 5.91 Å². The number of amides is 1. The Kier molecular flexibility index (Phi) is 4.74. The second kappa shape index (κ2) is 6.52. The minimum absolute atomic E-state index is 0.159. The summed E-state index contributed by atoms with van der Waals surface area (Å²) in [6.45, 7) is 10.6. The fourth-order valence-corrected chi connectivity index (χ4v) is 2.38. The minimum Gasteiger partial charge on any atom is -0.340 e. The highest BCUT2D eigenvalue weighted by Crippen LogP contribution is 2.05. The van der Waals surface area contributed by atoms with Crippen LogP contribution in [0.25, 0.3) is 0 Å². The van der Waals surface area contributed by atoms with Gasteiger partial charge in [-0.05, 0) is 19.4 Å². The molecule has 0 aromatic carbocycles. The third-order valence-electron chi connectivity index (χ3n) is 3.54. The zero-order chi connectivity index (χ0) is 13.7. The molecule has 2 rings (SSSR count). The van der Waals surface area contributed by atoms with Gasteiger partial charge in [-0.25, -0.2) is 0 Å². The molecule has 0 radical (unpaired) electrons. The molecule has 0 spiro atoms. The second-order valence-corrected chi connectivity index (χ2v) is 4.95. The largest absolute Gasteiger partial charge is 0.340 e. The maximum Gasteiger partial charge on any atom is 0.244 e. The van der Waals surface area contributed by atoms with Crippen molar-refractivity contribution in [3.63, 3.8) is 0 Å². The molecule has 0 atom stereocenters. The fraction of sp³-hybridized carbons (Fsp3) is 0.571. The Morgan fingerprint density at radius 3 is 2.95 bits per heavy atom. The van der Waals surface area contributed by atoms with Crippen LogP contribution in [-0.4, -0.2) is 58.2 Å². The van der Waals surface area contributed by atoms with Gasteiger partial charge in [-0.15, -0.1) is 6.58 Å². The van der Waals surface area contributed by atoms with E-state index in [0.717, 1.165) is 44.8 Å². The predicted octanol–water partition coefficient (Wildman–Crippen LogP) is 0.912. The van der Waals surface area contributed by atoms with Crippen molar-refractivity contribution in [2.45, 2.75) is 19.9 Å². The lowest BCUT2D eigenvalue weighted by Crippen LogP contribution is -2.37. The van der Waals surface area contributed by atoms with E-state index < -0.39 is 0 Å². The van der Waals surface area contributed by atoms with Crippen LogP contribution >= 0.6 is 0 Å². The zero-order valence-corrected chi connectivity index (χ0v) is 11.6. The molecule has 1 aromatic rings. The van der Waals surface area contributed by atoms with Crippen LogP contribution in [0.15, 0.2) is 24.9 Å². The van der Waals surface area contributed by atoms with E-state index in [1.165, 1.54) is 0 Å². The average molecular weight is 262 g/mol. The van der Waals surface area contributed by atoms with Gasteiger partial charge in [0.05, 0.1) is 0 Å². The molecule has 1 aliphatic rings. The molecule has 1 aliphatic heterocycles. The molecule has 104 valence electrons. The van der Waals surface area contributed by atoms with Crippen LogP contribution in [0.3, 0.4) is 0 Å². The summed E-state index contributed by atoms with van der Waals surface area (Å²) in [6, 6.07) is 1.92. The summed E-state index contributed by atoms with van der Waals surface area (Å²) in [5.74, 6) is 0.159. The van der Waals surface area contributed by atoms with Crippen molar-refractivity contribution in [2.75, 3.05) is 32.7 Å². The monoisotopic (exact) mass is 262 g/mol. The minimum atomic E-state index is 0.159. The molecule has 0 unspecified atom stereocenters. The van der Waals surface area contributed by atoms with Crippen LogP contribution in [0.4, 0.5) is 0 Å². The molecule has 0 saturated carbocycles. The van der Waals surface area contributed by atoms with E-state index in [1.807, 2.05) is 24.0 Å². The maximum absolute atomic E-state index is 12.3. The van der Waals surface area contributed by atoms with E-state index in [9.17, 15) is 4.79 Å². The summed E-state index contributed by atoms with van der Waals surface area (Å²) < 4.78 is 1.76. The Labute approximate surface area is 114 Å². The number of hydrogen-bond donors (Lipinski definition) is 0. The van der Waals surface area contributed by atoms with Crippen molar-refractivity contribution in [1.82, 2.24) is 19.6 Å². The van der Waals surface area contributed by atoms with Crippen LogP contribution in [0.5, 0.6) is 0 Å². The van der Waals surface area contributed by atoms with Gasteiger partial charge < -0.3 is 4.90 Å². The van der Waals surface area contributed by atoms with Gasteiger partial charge in [-0.1, -0.05) is 6.08 Å². The Morgan fingerprint density at radius 2 is 2.26 bits per heavy atom. The van der Waals surface area contributed by atoms with Gasteiger partial charge in [-0.3, -0.25) is 14.4 Å². The van der Waals surface area contributed by atoms with Crippen molar-refractivity contribution >= 4 is 5.91 Å². The molecule has 1 fully saturated rings. The van der Waals surface area contributed by atoms with E-state index in [1.54, 1.807) is 10.9 Å². The van der Waals surface area contributed by atoms with Crippen LogP contribution in [0.1, 0.15) is 12.1 Å². The number of hydrogen-bond acceptors (Lipinski definition) is 3. The number of rotatable bonds is 4. The molecule has 0 bridgehead atoms. The Hall–Kier alpha value is -1.62. The molecule has 2 heterocycles. The maximum atomic E-state index is 12.3. The molecule has 1 saturated heterocycles. The summed E-state index contributed by atoms with van der Waals surface area (Å²) >= 11 is 0. The van der Waals surface area contributed by atoms with Crippen LogP contribution in [-0.2, 0) is 11.3 Å². The molecule has 0 N–H and O–H groups in total. The van der Waals surface area contributed by atoms with Crippen LogP contribution < -0.4 is 0 Å². The fourth-order valence-electron chi connectivity index (χ4n) is 2.38. The second-order valence-electron chi connectivity index (χ2n) is 4.95. The van der Waals surface area contributed by atoms with Crippen LogP contribution in [0, 0.1) is 6.92 Å². The van der Waals surface area contributed by atoms with Crippen molar-refractivity contribution in [3.8, 4) is 0 Å². The zero-order valence-electron chi connectivity index (χ0n) is 11.6. The van der Waals surface area contributed by atoms with Gasteiger partial charge in [0.15, 0.2) is 0 Å². The Bertz CT molecular complexity index is 440. The first-order valence-electron chi connectivity index (χ1n) is 6.80. The molecule has 5 nitrogen and oxygen atoms in total. The molecule has 1 aromatic heterocycles. The Morgan fingerprint density at radius 1 is 1.42 bits per heavy atom. The lowest BCUT2D eigenvalue weighted by atomic mass is 10.3. The van der Waals surface area contributed by atoms with Gasteiger partial charge in [0.1, 0.15) is 6.54 Å². The highest BCUT2D eigenvalue weighted by Gasteiger charge is 2.19. The lowest BCUT2D eigenvalue weighted by Gasteiger charge is -2.21. The quantitative estimate of drug-likeness (QED) is 0.757. The first kappa shape index (κ1) is 13.8. The van der Waals surface area contributed by atoms with Crippen molar-refractivity contribution in [2.24, 2.45) is 0 Å². The topological polar surface area (TPSA) is 41.4 Å². The van der Waals surface area contributed by atoms with Crippen LogP contribution in [0.2, 0.25) is 0 Å². The lowest BCUT2D eigenvalue weighted by molar-refractivity contribution is -0.131. The highest BCUT2D eigenvalue weighted by molar-refractivity contribution is 5.76. The van der Waals surface area contributed by atoms with Gasteiger partial charge in [0.25, 0.3) is 0 Å². The summed E-state index contributed by atoms with van der Waals surface area (Å²) in [4.78, 5) is 16.5. The van der Waals surface area contributed by atoms with E-state index in [2.05, 4.69) is 16.6 Å². The van der Waals surface area contributed by atoms with Crippen molar-refractivity contribution < 1.29 is 4.79 Å². The number of carbonyl (C=O) groups is 1. The van der Waals surface area contributed by atoms with Gasteiger partial charge in [-0.2, -0.15) is 5.10 Å². The number of nitrogens with zero attached hydrogens (tertiary/aromatic N) is 4. The highest BCUT2D eigenvalue weighted by atomic mass is 16.2. The van der Waals surface area contributed by atoms with Crippen molar-refractivity contribution in [3.05, 3.63) is 30.6 Å². The average Bonchev–Trinajstić information content (AvgIpc) is 2.66. The number of aromatic nitrogens is 2. The molecule has 1 amide bonds. The normalized spacial score (nSPS) is 17.2. The van der Waals surface area contributed by atoms with E-state index >= 15 is 0 Å². The third-order valence-corrected chi connectivity index (χ3v) is 3.54. The summed E-state index contributed by atoms with van der Waals surface area (Å²) in [6.07, 6.45) is 4.68. The Balaban J connectivity index is 1.89. The summed E-state index contributed by atoms with van der Waals surface area (Å²) in [5.41, 5.74) is 1.02. The van der Waals surface area contributed by atoms with Crippen molar-refractivity contribution in [1.29, 1.82) is 0 Å². The van der Waals surface area contributed by atoms with Gasteiger partial charge >= 0.3 is 0 Å². The standard InChI is InChI=1S/C14H22N4O/c1-3-7-16-8-4-9-17(11-10-16)14(19)12-18-13(2)5-6-15-18/h3,5-6H,1,4,7-12H2,2H3. The number of carbonyl (C=O) groups excluding carboxylic acids is 1. The summed E-state index contributed by atoms with van der Waals surface area (Å²) in [7, 11) is 0. The smallest absolute Gasteiger partial charge is 0.244 e. The van der Waals surface area contributed by atoms with E-state index in [0.29, 0.717) is 6.54 Å². The first-order chi connectivity index (χ1) is 9.20. The summed E-state index contributed by atoms with van der Waals surface area (Å²) in [5, 5.41) is 4.16. The molecule has 19 heavy (non-hydrogen) atoms. The third kappa shape index (κ3) is 3.67. The molecular formula is C14H22N4O.